The highest BCUT2D eigenvalue weighted by Crippen LogP contribution is 2.51. The summed E-state index contributed by atoms with van der Waals surface area (Å²) in [5.74, 6) is -0.510. The number of likely N-dealkylation sites (tertiary alicyclic amines) is 1. The number of carbonyl (C=O) groups excluding carboxylic acids is 1. The molecule has 0 aromatic heterocycles. The smallest absolute Gasteiger partial charge is 0.408 e. The van der Waals surface area contributed by atoms with Crippen molar-refractivity contribution >= 4 is 12.0 Å². The molecule has 0 unspecified atom stereocenters. The summed E-state index contributed by atoms with van der Waals surface area (Å²) in [6, 6.07) is 5.92. The molecular formula is C16H22N2O4. The van der Waals surface area contributed by atoms with Crippen molar-refractivity contribution < 1.29 is 19.8 Å². The second-order valence-corrected chi connectivity index (χ2v) is 6.77. The minimum Gasteiger partial charge on any atom is -0.508 e. The van der Waals surface area contributed by atoms with Crippen LogP contribution in [0.2, 0.25) is 0 Å². The van der Waals surface area contributed by atoms with Crippen molar-refractivity contribution in [2.75, 3.05) is 0 Å². The number of phenolic OH excluding ortho intramolecular Hbond substituents is 1. The first-order valence-electron chi connectivity index (χ1n) is 7.22. The number of nitrogens with zero attached hydrogens (tertiary/aromatic N) is 1. The first-order chi connectivity index (χ1) is 10.1. The number of hydrogen-bond acceptors (Lipinski definition) is 3. The van der Waals surface area contributed by atoms with Gasteiger partial charge in [0.2, 0.25) is 5.91 Å². The van der Waals surface area contributed by atoms with Crippen molar-refractivity contribution in [1.29, 1.82) is 0 Å². The van der Waals surface area contributed by atoms with Crippen LogP contribution in [0.15, 0.2) is 24.3 Å². The Morgan fingerprint density at radius 1 is 1.27 bits per heavy atom. The minimum atomic E-state index is -1.25. The second-order valence-electron chi connectivity index (χ2n) is 6.77. The van der Waals surface area contributed by atoms with Gasteiger partial charge in [-0.05, 0) is 36.0 Å². The van der Waals surface area contributed by atoms with Gasteiger partial charge >= 0.3 is 6.09 Å². The Labute approximate surface area is 129 Å². The van der Waals surface area contributed by atoms with E-state index < -0.39 is 29.0 Å². The van der Waals surface area contributed by atoms with Gasteiger partial charge in [-0.15, -0.1) is 0 Å². The van der Waals surface area contributed by atoms with Crippen LogP contribution in [0.4, 0.5) is 4.79 Å². The van der Waals surface area contributed by atoms with E-state index in [4.69, 9.17) is 5.73 Å². The van der Waals surface area contributed by atoms with Crippen molar-refractivity contribution in [2.24, 2.45) is 11.1 Å². The summed E-state index contributed by atoms with van der Waals surface area (Å²) in [6.45, 7) is 5.48. The van der Waals surface area contributed by atoms with Crippen LogP contribution in [0.1, 0.15) is 45.2 Å². The number of rotatable bonds is 2. The summed E-state index contributed by atoms with van der Waals surface area (Å²) in [5.41, 5.74) is 4.50. The van der Waals surface area contributed by atoms with E-state index in [1.165, 1.54) is 17.0 Å². The van der Waals surface area contributed by atoms with Crippen LogP contribution in [0.25, 0.3) is 0 Å². The predicted octanol–water partition coefficient (Wildman–Crippen LogP) is 2.48. The van der Waals surface area contributed by atoms with E-state index >= 15 is 0 Å². The zero-order valence-electron chi connectivity index (χ0n) is 13.0. The largest absolute Gasteiger partial charge is 0.508 e. The fraction of sp³-hybridized carbons (Fsp3) is 0.500. The van der Waals surface area contributed by atoms with E-state index in [1.807, 2.05) is 20.8 Å². The molecule has 0 bridgehead atoms. The van der Waals surface area contributed by atoms with Gasteiger partial charge in [0.05, 0.1) is 6.04 Å². The lowest BCUT2D eigenvalue weighted by Gasteiger charge is -2.45. The van der Waals surface area contributed by atoms with E-state index in [0.29, 0.717) is 12.8 Å². The van der Waals surface area contributed by atoms with E-state index in [1.54, 1.807) is 12.1 Å². The molecule has 1 aromatic rings. The van der Waals surface area contributed by atoms with E-state index in [-0.39, 0.29) is 5.75 Å². The molecule has 1 aliphatic heterocycles. The Bertz CT molecular complexity index is 591. The Hall–Kier alpha value is -2.24. The molecule has 0 aliphatic carbocycles. The Kier molecular flexibility index (Phi) is 3.81. The number of nitrogens with two attached hydrogens (primary N) is 1. The molecule has 1 fully saturated rings. The summed E-state index contributed by atoms with van der Waals surface area (Å²) < 4.78 is 0. The van der Waals surface area contributed by atoms with Gasteiger partial charge in [-0.2, -0.15) is 0 Å². The van der Waals surface area contributed by atoms with Crippen molar-refractivity contribution in [3.8, 4) is 5.75 Å². The fourth-order valence-corrected chi connectivity index (χ4v) is 3.52. The highest BCUT2D eigenvalue weighted by molar-refractivity contribution is 5.90. The van der Waals surface area contributed by atoms with Gasteiger partial charge in [-0.3, -0.25) is 9.69 Å². The lowest BCUT2D eigenvalue weighted by Crippen LogP contribution is -2.63. The molecule has 2 rings (SSSR count). The molecule has 0 saturated carbocycles. The zero-order valence-corrected chi connectivity index (χ0v) is 13.0. The maximum Gasteiger partial charge on any atom is 0.408 e. The van der Waals surface area contributed by atoms with Crippen LogP contribution in [-0.4, -0.2) is 32.7 Å². The number of carboxylic acid groups (broad SMARTS) is 1. The van der Waals surface area contributed by atoms with E-state index in [2.05, 4.69) is 0 Å². The van der Waals surface area contributed by atoms with Crippen LogP contribution in [-0.2, 0) is 4.79 Å². The van der Waals surface area contributed by atoms with Gasteiger partial charge in [0, 0.05) is 0 Å². The SMILES string of the molecule is CC(C)(C)[C@]1(C(N)=O)CC[C@H](c2ccc(O)cc2)N1C(=O)O. The van der Waals surface area contributed by atoms with Crippen LogP contribution >= 0.6 is 0 Å². The van der Waals surface area contributed by atoms with Crippen LogP contribution in [0.5, 0.6) is 5.75 Å². The molecule has 6 heteroatoms. The van der Waals surface area contributed by atoms with E-state index in [9.17, 15) is 19.8 Å². The van der Waals surface area contributed by atoms with Gasteiger partial charge in [0.1, 0.15) is 11.3 Å². The molecule has 6 nitrogen and oxygen atoms in total. The molecule has 4 N–H and O–H groups in total. The molecule has 1 aromatic carbocycles. The number of carbonyl (C=O) groups is 2. The molecule has 1 aliphatic rings. The summed E-state index contributed by atoms with van der Waals surface area (Å²) in [7, 11) is 0. The number of aromatic hydroxyl groups is 1. The topological polar surface area (TPSA) is 104 Å². The molecule has 1 saturated heterocycles. The van der Waals surface area contributed by atoms with E-state index in [0.717, 1.165) is 5.56 Å². The van der Waals surface area contributed by atoms with Crippen molar-refractivity contribution in [1.82, 2.24) is 4.90 Å². The van der Waals surface area contributed by atoms with Crippen LogP contribution in [0, 0.1) is 5.41 Å². The third-order valence-electron chi connectivity index (χ3n) is 4.63. The minimum absolute atomic E-state index is 0.112. The third-order valence-corrected chi connectivity index (χ3v) is 4.63. The molecule has 1 heterocycles. The number of hydrogen-bond donors (Lipinski definition) is 3. The number of primary amides is 1. The standard InChI is InChI=1S/C16H22N2O4/c1-15(2,3)16(13(17)20)9-8-12(18(16)14(21)22)10-4-6-11(19)7-5-10/h4-7,12,19H,8-9H2,1-3H3,(H2,17,20)(H,21,22)/t12-,16-/m1/s1. The first-order valence-corrected chi connectivity index (χ1v) is 7.22. The number of amides is 2. The molecule has 22 heavy (non-hydrogen) atoms. The Balaban J connectivity index is 2.54. The van der Waals surface area contributed by atoms with Crippen LogP contribution < -0.4 is 5.73 Å². The molecule has 2 atom stereocenters. The second kappa shape index (κ2) is 5.19. The highest BCUT2D eigenvalue weighted by Gasteiger charge is 2.59. The van der Waals surface area contributed by atoms with Gasteiger partial charge in [0.25, 0.3) is 0 Å². The maximum absolute atomic E-state index is 12.2. The Morgan fingerprint density at radius 2 is 1.82 bits per heavy atom. The number of benzene rings is 1. The predicted molar refractivity (Wildman–Crippen MR) is 81.3 cm³/mol. The lowest BCUT2D eigenvalue weighted by molar-refractivity contribution is -0.135. The Morgan fingerprint density at radius 3 is 2.23 bits per heavy atom. The summed E-state index contributed by atoms with van der Waals surface area (Å²) in [4.78, 5) is 25.3. The normalized spacial score (nSPS) is 25.2. The van der Waals surface area contributed by atoms with Crippen LogP contribution in [0.3, 0.4) is 0 Å². The maximum atomic E-state index is 12.2. The van der Waals surface area contributed by atoms with Crippen molar-refractivity contribution in [3.05, 3.63) is 29.8 Å². The zero-order chi connectivity index (χ0) is 16.7. The third kappa shape index (κ3) is 2.28. The van der Waals surface area contributed by atoms with Crippen molar-refractivity contribution in [3.63, 3.8) is 0 Å². The lowest BCUT2D eigenvalue weighted by atomic mass is 9.71. The molecule has 120 valence electrons. The number of phenols is 1. The monoisotopic (exact) mass is 306 g/mol. The molecule has 0 radical (unpaired) electrons. The van der Waals surface area contributed by atoms with Gasteiger partial charge in [-0.1, -0.05) is 32.9 Å². The summed E-state index contributed by atoms with van der Waals surface area (Å²) >= 11 is 0. The van der Waals surface area contributed by atoms with Crippen molar-refractivity contribution in [2.45, 2.75) is 45.2 Å². The quantitative estimate of drug-likeness (QED) is 0.780. The van der Waals surface area contributed by atoms with Gasteiger partial charge < -0.3 is 15.9 Å². The molecular weight excluding hydrogens is 284 g/mol. The summed E-state index contributed by atoms with van der Waals surface area (Å²) in [5, 5.41) is 19.1. The highest BCUT2D eigenvalue weighted by atomic mass is 16.4. The van der Waals surface area contributed by atoms with Gasteiger partial charge in [0.15, 0.2) is 0 Å². The molecule has 0 spiro atoms. The average molecular weight is 306 g/mol. The van der Waals surface area contributed by atoms with Gasteiger partial charge in [-0.25, -0.2) is 4.79 Å². The molecule has 2 amide bonds. The first kappa shape index (κ1) is 16.1. The average Bonchev–Trinajstić information content (AvgIpc) is 2.80. The fourth-order valence-electron chi connectivity index (χ4n) is 3.52. The summed E-state index contributed by atoms with van der Waals surface area (Å²) in [6.07, 6.45) is -0.273.